The van der Waals surface area contributed by atoms with E-state index < -0.39 is 10.0 Å². The molecule has 0 amide bonds. The van der Waals surface area contributed by atoms with Crippen LogP contribution in [0.2, 0.25) is 0 Å². The van der Waals surface area contributed by atoms with Crippen LogP contribution in [0, 0.1) is 0 Å². The third kappa shape index (κ3) is 6.21. The van der Waals surface area contributed by atoms with Crippen molar-refractivity contribution >= 4 is 10.0 Å². The molecule has 1 fully saturated rings. The normalized spacial score (nSPS) is 20.6. The van der Waals surface area contributed by atoms with E-state index in [4.69, 9.17) is 0 Å². The summed E-state index contributed by atoms with van der Waals surface area (Å²) >= 11 is 0. The van der Waals surface area contributed by atoms with Gasteiger partial charge in [-0.1, -0.05) is 19.8 Å². The summed E-state index contributed by atoms with van der Waals surface area (Å²) in [6, 6.07) is 0.475. The Morgan fingerprint density at radius 3 is 2.32 bits per heavy atom. The molecule has 0 radical (unpaired) electrons. The molecule has 1 heterocycles. The van der Waals surface area contributed by atoms with Crippen LogP contribution in [0.4, 0.5) is 0 Å². The second-order valence-electron chi connectivity index (χ2n) is 5.46. The van der Waals surface area contributed by atoms with E-state index in [1.807, 2.05) is 0 Å². The fraction of sp³-hybridized carbons (Fsp3) is 1.00. The van der Waals surface area contributed by atoms with E-state index in [9.17, 15) is 8.42 Å². The predicted molar refractivity (Wildman–Crippen MR) is 79.8 cm³/mol. The van der Waals surface area contributed by atoms with E-state index in [1.54, 1.807) is 4.31 Å². The molecule has 0 aromatic rings. The second-order valence-corrected chi connectivity index (χ2v) is 7.44. The molecule has 0 bridgehead atoms. The first-order valence-corrected chi connectivity index (χ1v) is 9.20. The first-order chi connectivity index (χ1) is 8.95. The number of nitrogens with one attached hydrogen (secondary N) is 1. The predicted octanol–water partition coefficient (Wildman–Crippen LogP) is 0.732. The van der Waals surface area contributed by atoms with Crippen LogP contribution in [0.25, 0.3) is 0 Å². The molecular weight excluding hydrogens is 262 g/mol. The Morgan fingerprint density at radius 2 is 1.79 bits per heavy atom. The van der Waals surface area contributed by atoms with Gasteiger partial charge in [0.15, 0.2) is 0 Å². The van der Waals surface area contributed by atoms with Gasteiger partial charge >= 0.3 is 0 Å². The minimum Gasteiger partial charge on any atom is -0.315 e. The summed E-state index contributed by atoms with van der Waals surface area (Å²) in [5.41, 5.74) is 0. The number of sulfonamides is 1. The van der Waals surface area contributed by atoms with E-state index in [-0.39, 0.29) is 0 Å². The quantitative estimate of drug-likeness (QED) is 0.670. The molecule has 0 spiro atoms. The number of hydrogen-bond acceptors (Lipinski definition) is 4. The van der Waals surface area contributed by atoms with Crippen molar-refractivity contribution in [2.75, 3.05) is 45.5 Å². The van der Waals surface area contributed by atoms with Gasteiger partial charge in [-0.2, -0.15) is 4.31 Å². The minimum absolute atomic E-state index is 0.475. The van der Waals surface area contributed by atoms with Crippen LogP contribution in [0.3, 0.4) is 0 Å². The monoisotopic (exact) mass is 291 g/mol. The van der Waals surface area contributed by atoms with Crippen LogP contribution in [0.5, 0.6) is 0 Å². The lowest BCUT2D eigenvalue weighted by Gasteiger charge is -2.37. The van der Waals surface area contributed by atoms with Gasteiger partial charge in [0, 0.05) is 38.8 Å². The average molecular weight is 291 g/mol. The Bertz CT molecular complexity index is 338. The largest absolute Gasteiger partial charge is 0.315 e. The fourth-order valence-electron chi connectivity index (χ4n) is 2.42. The highest BCUT2D eigenvalue weighted by Gasteiger charge is 2.25. The van der Waals surface area contributed by atoms with E-state index in [0.717, 1.165) is 26.2 Å². The molecule has 6 heteroatoms. The summed E-state index contributed by atoms with van der Waals surface area (Å²) in [6.45, 7) is 9.42. The van der Waals surface area contributed by atoms with Gasteiger partial charge < -0.3 is 5.32 Å². The highest BCUT2D eigenvalue weighted by molar-refractivity contribution is 7.88. The second kappa shape index (κ2) is 8.19. The fourth-order valence-corrected chi connectivity index (χ4v) is 3.24. The van der Waals surface area contributed by atoms with E-state index in [1.165, 1.54) is 25.5 Å². The Labute approximate surface area is 118 Å². The molecule has 1 unspecified atom stereocenters. The number of unbranched alkanes of at least 4 members (excludes halogenated alkanes) is 2. The molecule has 1 aliphatic heterocycles. The molecule has 1 atom stereocenters. The number of piperazine rings is 1. The lowest BCUT2D eigenvalue weighted by Crippen LogP contribution is -2.53. The zero-order chi connectivity index (χ0) is 14.3. The molecular formula is C13H29N3O2S. The average Bonchev–Trinajstić information content (AvgIpc) is 2.37. The summed E-state index contributed by atoms with van der Waals surface area (Å²) in [7, 11) is -3.01. The van der Waals surface area contributed by atoms with Gasteiger partial charge in [0.1, 0.15) is 0 Å². The number of rotatable bonds is 8. The van der Waals surface area contributed by atoms with Gasteiger partial charge in [0.05, 0.1) is 6.26 Å². The van der Waals surface area contributed by atoms with Crippen LogP contribution in [-0.4, -0.2) is 69.2 Å². The molecule has 5 nitrogen and oxygen atoms in total. The summed E-state index contributed by atoms with van der Waals surface area (Å²) in [5, 5.41) is 3.49. The zero-order valence-electron chi connectivity index (χ0n) is 12.6. The summed E-state index contributed by atoms with van der Waals surface area (Å²) in [5.74, 6) is 0. The maximum atomic E-state index is 11.4. The summed E-state index contributed by atoms with van der Waals surface area (Å²) in [4.78, 5) is 2.37. The minimum atomic E-state index is -3.01. The van der Waals surface area contributed by atoms with Crippen molar-refractivity contribution < 1.29 is 8.42 Å². The van der Waals surface area contributed by atoms with Crippen molar-refractivity contribution in [2.24, 2.45) is 0 Å². The smallest absolute Gasteiger partial charge is 0.211 e. The Morgan fingerprint density at radius 1 is 1.16 bits per heavy atom. The van der Waals surface area contributed by atoms with Crippen LogP contribution in [-0.2, 0) is 10.0 Å². The Balaban J connectivity index is 2.20. The van der Waals surface area contributed by atoms with Crippen molar-refractivity contribution in [3.8, 4) is 0 Å². The maximum absolute atomic E-state index is 11.4. The van der Waals surface area contributed by atoms with Gasteiger partial charge in [0.25, 0.3) is 0 Å². The van der Waals surface area contributed by atoms with Gasteiger partial charge in [-0.05, 0) is 19.9 Å². The van der Waals surface area contributed by atoms with Crippen LogP contribution < -0.4 is 5.32 Å². The molecule has 1 rings (SSSR count). The van der Waals surface area contributed by atoms with Gasteiger partial charge in [0.2, 0.25) is 10.0 Å². The van der Waals surface area contributed by atoms with Crippen LogP contribution >= 0.6 is 0 Å². The molecule has 0 aromatic carbocycles. The molecule has 1 aliphatic rings. The highest BCUT2D eigenvalue weighted by atomic mass is 32.2. The molecule has 114 valence electrons. The maximum Gasteiger partial charge on any atom is 0.211 e. The van der Waals surface area contributed by atoms with E-state index in [0.29, 0.717) is 19.1 Å². The Kier molecular flexibility index (Phi) is 7.28. The molecule has 0 aliphatic carbocycles. The topological polar surface area (TPSA) is 52.6 Å². The standard InChI is InChI=1S/C13H29N3O2S/c1-4-5-6-7-14-12-13(2)15-8-10-16(11-9-15)19(3,17)18/h13-14H,4-12H2,1-3H3. The lowest BCUT2D eigenvalue weighted by atomic mass is 10.2. The first-order valence-electron chi connectivity index (χ1n) is 7.35. The SMILES string of the molecule is CCCCCNCC(C)N1CCN(S(C)(=O)=O)CC1. The van der Waals surface area contributed by atoms with Crippen molar-refractivity contribution in [3.05, 3.63) is 0 Å². The number of nitrogens with zero attached hydrogens (tertiary/aromatic N) is 2. The van der Waals surface area contributed by atoms with Crippen molar-refractivity contribution in [3.63, 3.8) is 0 Å². The van der Waals surface area contributed by atoms with Crippen LogP contribution in [0.1, 0.15) is 33.1 Å². The summed E-state index contributed by atoms with van der Waals surface area (Å²) in [6.07, 6.45) is 5.07. The van der Waals surface area contributed by atoms with E-state index >= 15 is 0 Å². The third-order valence-corrected chi connectivity index (χ3v) is 5.07. The van der Waals surface area contributed by atoms with Gasteiger partial charge in [-0.3, -0.25) is 4.90 Å². The number of hydrogen-bond donors (Lipinski definition) is 1. The van der Waals surface area contributed by atoms with E-state index in [2.05, 4.69) is 24.1 Å². The zero-order valence-corrected chi connectivity index (χ0v) is 13.4. The van der Waals surface area contributed by atoms with Crippen molar-refractivity contribution in [2.45, 2.75) is 39.2 Å². The first kappa shape index (κ1) is 16.9. The third-order valence-electron chi connectivity index (χ3n) is 3.76. The Hall–Kier alpha value is -0.170. The van der Waals surface area contributed by atoms with Gasteiger partial charge in [-0.15, -0.1) is 0 Å². The molecule has 1 saturated heterocycles. The van der Waals surface area contributed by atoms with Crippen molar-refractivity contribution in [1.82, 2.24) is 14.5 Å². The van der Waals surface area contributed by atoms with Gasteiger partial charge in [-0.25, -0.2) is 8.42 Å². The molecule has 1 N–H and O–H groups in total. The highest BCUT2D eigenvalue weighted by Crippen LogP contribution is 2.08. The van der Waals surface area contributed by atoms with Crippen LogP contribution in [0.15, 0.2) is 0 Å². The molecule has 0 aromatic heterocycles. The van der Waals surface area contributed by atoms with Crippen molar-refractivity contribution in [1.29, 1.82) is 0 Å². The molecule has 0 saturated carbocycles. The molecule has 19 heavy (non-hydrogen) atoms. The summed E-state index contributed by atoms with van der Waals surface area (Å²) < 4.78 is 24.4. The lowest BCUT2D eigenvalue weighted by molar-refractivity contribution is 0.144.